The van der Waals surface area contributed by atoms with E-state index in [9.17, 15) is 0 Å². The fraction of sp³-hybridized carbons (Fsp3) is 0.536. The van der Waals surface area contributed by atoms with E-state index in [-0.39, 0.29) is 0 Å². The maximum Gasteiger partial charge on any atom is 0.158 e. The zero-order valence-electron chi connectivity index (χ0n) is 21.3. The Morgan fingerprint density at radius 2 is 1.89 bits per heavy atom. The molecule has 1 saturated carbocycles. The minimum absolute atomic E-state index is 0.383. The van der Waals surface area contributed by atoms with E-state index in [0.29, 0.717) is 23.9 Å². The average Bonchev–Trinajstić information content (AvgIpc) is 3.61. The maximum absolute atomic E-state index is 5.54. The second-order valence-electron chi connectivity index (χ2n) is 10.8. The van der Waals surface area contributed by atoms with Gasteiger partial charge < -0.3 is 15.0 Å². The first-order chi connectivity index (χ1) is 17.0. The van der Waals surface area contributed by atoms with Crippen LogP contribution in [0.4, 0.5) is 0 Å². The van der Waals surface area contributed by atoms with Crippen LogP contribution in [0.5, 0.6) is 0 Å². The van der Waals surface area contributed by atoms with Crippen LogP contribution in [-0.4, -0.2) is 49.9 Å². The van der Waals surface area contributed by atoms with Gasteiger partial charge in [0.2, 0.25) is 0 Å². The van der Waals surface area contributed by atoms with Crippen LogP contribution in [0.1, 0.15) is 80.2 Å². The first-order valence-electron chi connectivity index (χ1n) is 13.1. The van der Waals surface area contributed by atoms with Gasteiger partial charge in [0.1, 0.15) is 6.33 Å². The minimum Gasteiger partial charge on any atom is -0.380 e. The molecular weight excluding hydrogens is 436 g/mol. The summed E-state index contributed by atoms with van der Waals surface area (Å²) >= 11 is 0. The number of pyridine rings is 2. The van der Waals surface area contributed by atoms with Gasteiger partial charge in [-0.25, -0.2) is 9.50 Å². The number of ether oxygens (including phenoxy) is 1. The topological polar surface area (TPSA) is 80.1 Å². The Morgan fingerprint density at radius 1 is 1.06 bits per heavy atom. The molecule has 2 N–H and O–H groups in total. The van der Waals surface area contributed by atoms with Crippen LogP contribution in [0, 0.1) is 13.8 Å². The van der Waals surface area contributed by atoms with E-state index in [2.05, 4.69) is 66.5 Å². The quantitative estimate of drug-likeness (QED) is 0.406. The van der Waals surface area contributed by atoms with E-state index in [4.69, 9.17) is 9.72 Å². The number of hydrogen-bond acceptors (Lipinski definition) is 5. The Bertz CT molecular complexity index is 1360. The van der Waals surface area contributed by atoms with Crippen molar-refractivity contribution in [3.8, 4) is 11.3 Å². The number of nitrogens with one attached hydrogen (secondary N) is 2. The van der Waals surface area contributed by atoms with E-state index in [0.717, 1.165) is 30.8 Å². The lowest BCUT2D eigenvalue weighted by Crippen LogP contribution is -2.40. The highest BCUT2D eigenvalue weighted by Crippen LogP contribution is 2.40. The number of nitrogens with zero attached hydrogens (tertiary/aromatic N) is 4. The van der Waals surface area contributed by atoms with Gasteiger partial charge in [-0.15, -0.1) is 0 Å². The third-order valence-corrected chi connectivity index (χ3v) is 8.26. The van der Waals surface area contributed by atoms with Crippen molar-refractivity contribution in [1.82, 2.24) is 29.9 Å². The summed E-state index contributed by atoms with van der Waals surface area (Å²) in [4.78, 5) is 13.1. The van der Waals surface area contributed by atoms with Crippen molar-refractivity contribution in [2.75, 3.05) is 13.2 Å². The molecule has 7 nitrogen and oxygen atoms in total. The normalized spacial score (nSPS) is 23.2. The second kappa shape index (κ2) is 9.03. The SMILES string of the molecule is Cc1c(-c2[nH]c3cnc(C4CCC(NC5CCOC5)CC4)cc3c2C(C)C)cn2ncnc2c1C. The Hall–Kier alpha value is -2.77. The summed E-state index contributed by atoms with van der Waals surface area (Å²) in [6.45, 7) is 10.7. The third kappa shape index (κ3) is 4.04. The van der Waals surface area contributed by atoms with E-state index in [1.807, 2.05) is 4.52 Å². The highest BCUT2D eigenvalue weighted by molar-refractivity contribution is 5.92. The van der Waals surface area contributed by atoms with Gasteiger partial charge >= 0.3 is 0 Å². The highest BCUT2D eigenvalue weighted by atomic mass is 16.5. The van der Waals surface area contributed by atoms with Crippen molar-refractivity contribution in [2.45, 2.75) is 83.7 Å². The van der Waals surface area contributed by atoms with Crippen molar-refractivity contribution >= 4 is 16.6 Å². The van der Waals surface area contributed by atoms with Crippen LogP contribution in [-0.2, 0) is 4.74 Å². The minimum atomic E-state index is 0.383. The predicted octanol–water partition coefficient (Wildman–Crippen LogP) is 5.42. The molecule has 0 radical (unpaired) electrons. The van der Waals surface area contributed by atoms with Crippen molar-refractivity contribution < 1.29 is 4.74 Å². The molecule has 184 valence electrons. The molecule has 1 unspecified atom stereocenters. The Labute approximate surface area is 206 Å². The molecule has 1 aliphatic heterocycles. The van der Waals surface area contributed by atoms with E-state index >= 15 is 0 Å². The van der Waals surface area contributed by atoms with E-state index in [1.165, 1.54) is 64.7 Å². The van der Waals surface area contributed by atoms with Crippen LogP contribution in [0.3, 0.4) is 0 Å². The molecule has 35 heavy (non-hydrogen) atoms. The summed E-state index contributed by atoms with van der Waals surface area (Å²) in [5.41, 5.74) is 9.41. The predicted molar refractivity (Wildman–Crippen MR) is 139 cm³/mol. The van der Waals surface area contributed by atoms with Gasteiger partial charge in [0.25, 0.3) is 0 Å². The van der Waals surface area contributed by atoms with Crippen LogP contribution >= 0.6 is 0 Å². The molecule has 0 aromatic carbocycles. The van der Waals surface area contributed by atoms with Gasteiger partial charge in [-0.1, -0.05) is 13.8 Å². The van der Waals surface area contributed by atoms with E-state index < -0.39 is 0 Å². The van der Waals surface area contributed by atoms with Gasteiger partial charge in [0.05, 0.1) is 24.0 Å². The zero-order valence-corrected chi connectivity index (χ0v) is 21.3. The monoisotopic (exact) mass is 472 g/mol. The molecule has 1 atom stereocenters. The fourth-order valence-corrected chi connectivity index (χ4v) is 6.18. The number of fused-ring (bicyclic) bond motifs is 2. The zero-order chi connectivity index (χ0) is 24.1. The fourth-order valence-electron chi connectivity index (χ4n) is 6.18. The lowest BCUT2D eigenvalue weighted by molar-refractivity contribution is 0.185. The lowest BCUT2D eigenvalue weighted by Gasteiger charge is -2.30. The Kier molecular flexibility index (Phi) is 5.85. The van der Waals surface area contributed by atoms with Gasteiger partial charge in [0, 0.05) is 47.4 Å². The molecule has 2 fully saturated rings. The van der Waals surface area contributed by atoms with Gasteiger partial charge in [0.15, 0.2) is 5.65 Å². The standard InChI is InChI=1S/C28H36N6O/c1-16(2)26-22-11-24(19-5-7-20(8-6-19)32-21-9-10-35-14-21)29-12-25(22)33-27(26)23-13-34-28(30-15-31-34)18(4)17(23)3/h11-13,15-16,19-21,32-33H,5-10,14H2,1-4H3. The van der Waals surface area contributed by atoms with Crippen LogP contribution < -0.4 is 5.32 Å². The summed E-state index contributed by atoms with van der Waals surface area (Å²) in [6, 6.07) is 3.52. The van der Waals surface area contributed by atoms with Crippen molar-refractivity contribution in [3.63, 3.8) is 0 Å². The highest BCUT2D eigenvalue weighted by Gasteiger charge is 2.27. The molecular formula is C28H36N6O. The average molecular weight is 473 g/mol. The van der Waals surface area contributed by atoms with Crippen molar-refractivity contribution in [3.05, 3.63) is 47.2 Å². The Balaban J connectivity index is 1.32. The number of hydrogen-bond donors (Lipinski definition) is 2. The molecule has 0 amide bonds. The maximum atomic E-state index is 5.54. The van der Waals surface area contributed by atoms with Crippen LogP contribution in [0.15, 0.2) is 24.8 Å². The number of rotatable bonds is 5. The molecule has 5 heterocycles. The summed E-state index contributed by atoms with van der Waals surface area (Å²) < 4.78 is 7.43. The Morgan fingerprint density at radius 3 is 2.63 bits per heavy atom. The summed E-state index contributed by atoms with van der Waals surface area (Å²) in [6.07, 6.45) is 11.8. The number of aryl methyl sites for hydroxylation is 1. The lowest BCUT2D eigenvalue weighted by atomic mass is 9.83. The van der Waals surface area contributed by atoms with Crippen LogP contribution in [0.25, 0.3) is 27.8 Å². The first-order valence-corrected chi connectivity index (χ1v) is 13.1. The van der Waals surface area contributed by atoms with Crippen LogP contribution in [0.2, 0.25) is 0 Å². The molecule has 1 saturated heterocycles. The number of H-pyrrole nitrogens is 1. The molecule has 6 rings (SSSR count). The van der Waals surface area contributed by atoms with E-state index in [1.54, 1.807) is 6.33 Å². The van der Waals surface area contributed by atoms with Gasteiger partial charge in [-0.2, -0.15) is 5.10 Å². The van der Waals surface area contributed by atoms with Gasteiger partial charge in [-0.05, 0) is 74.6 Å². The molecule has 4 aromatic heterocycles. The molecule has 4 aromatic rings. The molecule has 0 bridgehead atoms. The summed E-state index contributed by atoms with van der Waals surface area (Å²) in [5.74, 6) is 0.917. The molecule has 2 aliphatic rings. The second-order valence-corrected chi connectivity index (χ2v) is 10.8. The van der Waals surface area contributed by atoms with Crippen molar-refractivity contribution in [2.24, 2.45) is 0 Å². The number of aromatic nitrogens is 5. The largest absolute Gasteiger partial charge is 0.380 e. The first kappa shape index (κ1) is 22.7. The molecule has 0 spiro atoms. The smallest absolute Gasteiger partial charge is 0.158 e. The third-order valence-electron chi connectivity index (χ3n) is 8.26. The van der Waals surface area contributed by atoms with Gasteiger partial charge in [-0.3, -0.25) is 4.98 Å². The summed E-state index contributed by atoms with van der Waals surface area (Å²) in [7, 11) is 0. The summed E-state index contributed by atoms with van der Waals surface area (Å²) in [5, 5.41) is 9.54. The van der Waals surface area contributed by atoms with Crippen molar-refractivity contribution in [1.29, 1.82) is 0 Å². The molecule has 7 heteroatoms. The molecule has 1 aliphatic carbocycles. The number of aromatic amines is 1.